The molecule has 0 aliphatic carbocycles. The summed E-state index contributed by atoms with van der Waals surface area (Å²) in [5.74, 6) is 0.0175. The number of aryl methyl sites for hydroxylation is 1. The van der Waals surface area contributed by atoms with E-state index in [0.717, 1.165) is 23.5 Å². The van der Waals surface area contributed by atoms with E-state index in [9.17, 15) is 9.59 Å². The second-order valence-corrected chi connectivity index (χ2v) is 6.17. The van der Waals surface area contributed by atoms with E-state index < -0.39 is 0 Å². The van der Waals surface area contributed by atoms with Crippen LogP contribution in [0.25, 0.3) is 0 Å². The first-order valence-electron chi connectivity index (χ1n) is 6.75. The van der Waals surface area contributed by atoms with Gasteiger partial charge in [0, 0.05) is 36.1 Å². The van der Waals surface area contributed by atoms with Crippen molar-refractivity contribution in [2.24, 2.45) is 0 Å². The van der Waals surface area contributed by atoms with Crippen LogP contribution in [-0.2, 0) is 11.3 Å². The van der Waals surface area contributed by atoms with Gasteiger partial charge < -0.3 is 15.2 Å². The fraction of sp³-hybridized carbons (Fsp3) is 0.692. The lowest BCUT2D eigenvalue weighted by molar-refractivity contribution is -0.121. The maximum absolute atomic E-state index is 11.8. The molecule has 0 bridgehead atoms. The molecule has 1 saturated heterocycles. The third kappa shape index (κ3) is 3.67. The van der Waals surface area contributed by atoms with E-state index in [1.807, 2.05) is 13.8 Å². The molecule has 1 unspecified atom stereocenters. The summed E-state index contributed by atoms with van der Waals surface area (Å²) in [4.78, 5) is 24.5. The number of rotatable bonds is 5. The van der Waals surface area contributed by atoms with E-state index in [1.165, 1.54) is 17.8 Å². The van der Waals surface area contributed by atoms with Crippen molar-refractivity contribution in [1.29, 1.82) is 0 Å². The Bertz CT molecular complexity index is 500. The number of nitrogens with one attached hydrogen (secondary N) is 2. The number of hydrogen-bond donors (Lipinski definition) is 2. The molecular weight excluding hydrogens is 262 g/mol. The second kappa shape index (κ2) is 6.34. The van der Waals surface area contributed by atoms with Crippen LogP contribution in [0.5, 0.6) is 0 Å². The zero-order chi connectivity index (χ0) is 13.8. The summed E-state index contributed by atoms with van der Waals surface area (Å²) < 4.78 is 1.69. The molecule has 1 amide bonds. The fourth-order valence-electron chi connectivity index (χ4n) is 2.32. The average molecular weight is 283 g/mol. The zero-order valence-electron chi connectivity index (χ0n) is 11.5. The van der Waals surface area contributed by atoms with E-state index in [-0.39, 0.29) is 10.8 Å². The predicted octanol–water partition coefficient (Wildman–Crippen LogP) is 0.785. The third-order valence-corrected chi connectivity index (χ3v) is 4.64. The SMILES string of the molecule is Cc1sc(=O)n(CCC(=O)NCC2CCCN2)c1C. The number of hydrogen-bond acceptors (Lipinski definition) is 4. The molecule has 2 rings (SSSR count). The van der Waals surface area contributed by atoms with Crippen molar-refractivity contribution in [1.82, 2.24) is 15.2 Å². The third-order valence-electron chi connectivity index (χ3n) is 3.65. The van der Waals surface area contributed by atoms with Gasteiger partial charge in [-0.3, -0.25) is 9.59 Å². The van der Waals surface area contributed by atoms with Crippen LogP contribution in [-0.4, -0.2) is 29.6 Å². The molecule has 1 atom stereocenters. The molecule has 1 aliphatic rings. The van der Waals surface area contributed by atoms with Crippen LogP contribution < -0.4 is 15.5 Å². The molecule has 0 spiro atoms. The highest BCUT2D eigenvalue weighted by atomic mass is 32.1. The van der Waals surface area contributed by atoms with Gasteiger partial charge >= 0.3 is 4.87 Å². The molecule has 5 nitrogen and oxygen atoms in total. The quantitative estimate of drug-likeness (QED) is 0.839. The molecule has 1 aromatic rings. The normalized spacial score (nSPS) is 18.7. The number of carbonyl (C=O) groups excluding carboxylic acids is 1. The Morgan fingerprint density at radius 2 is 2.32 bits per heavy atom. The largest absolute Gasteiger partial charge is 0.354 e. The average Bonchev–Trinajstić information content (AvgIpc) is 2.96. The number of thiazole rings is 1. The van der Waals surface area contributed by atoms with E-state index in [2.05, 4.69) is 10.6 Å². The van der Waals surface area contributed by atoms with E-state index in [1.54, 1.807) is 4.57 Å². The smallest absolute Gasteiger partial charge is 0.307 e. The molecule has 1 aliphatic heterocycles. The standard InChI is InChI=1S/C13H21N3O2S/c1-9-10(2)19-13(18)16(9)7-5-12(17)15-8-11-4-3-6-14-11/h11,14H,3-8H2,1-2H3,(H,15,17). The van der Waals surface area contributed by atoms with E-state index in [0.29, 0.717) is 25.6 Å². The van der Waals surface area contributed by atoms with Gasteiger partial charge in [-0.2, -0.15) is 0 Å². The summed E-state index contributed by atoms with van der Waals surface area (Å²) in [6.07, 6.45) is 2.68. The maximum atomic E-state index is 11.8. The Labute approximate surface area is 117 Å². The first-order valence-corrected chi connectivity index (χ1v) is 7.56. The molecule has 2 heterocycles. The first-order chi connectivity index (χ1) is 9.08. The molecule has 1 aromatic heterocycles. The van der Waals surface area contributed by atoms with Crippen molar-refractivity contribution in [2.45, 2.75) is 45.7 Å². The van der Waals surface area contributed by atoms with Crippen LogP contribution in [0.3, 0.4) is 0 Å². The van der Waals surface area contributed by atoms with Crippen molar-refractivity contribution >= 4 is 17.2 Å². The van der Waals surface area contributed by atoms with Gasteiger partial charge in [-0.05, 0) is 33.2 Å². The van der Waals surface area contributed by atoms with Crippen molar-refractivity contribution < 1.29 is 4.79 Å². The van der Waals surface area contributed by atoms with Gasteiger partial charge in [0.25, 0.3) is 0 Å². The van der Waals surface area contributed by atoms with Crippen LogP contribution in [0.2, 0.25) is 0 Å². The summed E-state index contributed by atoms with van der Waals surface area (Å²) in [7, 11) is 0. The lowest BCUT2D eigenvalue weighted by Crippen LogP contribution is -2.37. The second-order valence-electron chi connectivity index (χ2n) is 5.01. The van der Waals surface area contributed by atoms with Crippen molar-refractivity contribution in [3.05, 3.63) is 20.2 Å². The minimum Gasteiger partial charge on any atom is -0.354 e. The van der Waals surface area contributed by atoms with Crippen molar-refractivity contribution in [2.75, 3.05) is 13.1 Å². The maximum Gasteiger partial charge on any atom is 0.307 e. The van der Waals surface area contributed by atoms with Gasteiger partial charge in [0.1, 0.15) is 0 Å². The number of nitrogens with zero attached hydrogens (tertiary/aromatic N) is 1. The zero-order valence-corrected chi connectivity index (χ0v) is 12.3. The van der Waals surface area contributed by atoms with Gasteiger partial charge in [0.15, 0.2) is 0 Å². The van der Waals surface area contributed by atoms with E-state index in [4.69, 9.17) is 0 Å². The fourth-order valence-corrected chi connectivity index (χ4v) is 3.17. The highest BCUT2D eigenvalue weighted by molar-refractivity contribution is 7.09. The molecule has 19 heavy (non-hydrogen) atoms. The highest BCUT2D eigenvalue weighted by Crippen LogP contribution is 2.09. The summed E-state index contributed by atoms with van der Waals surface area (Å²) in [6.45, 7) is 6.06. The summed E-state index contributed by atoms with van der Waals surface area (Å²) in [6, 6.07) is 0.414. The van der Waals surface area contributed by atoms with Crippen LogP contribution in [0.15, 0.2) is 4.79 Å². The van der Waals surface area contributed by atoms with Gasteiger partial charge in [0.05, 0.1) is 0 Å². The molecule has 106 valence electrons. The molecular formula is C13H21N3O2S. The molecule has 0 aromatic carbocycles. The summed E-state index contributed by atoms with van der Waals surface area (Å²) in [5, 5.41) is 6.27. The molecule has 1 fully saturated rings. The predicted molar refractivity (Wildman–Crippen MR) is 76.7 cm³/mol. The summed E-state index contributed by atoms with van der Waals surface area (Å²) >= 11 is 1.25. The van der Waals surface area contributed by atoms with Crippen LogP contribution >= 0.6 is 11.3 Å². The van der Waals surface area contributed by atoms with Crippen LogP contribution in [0.1, 0.15) is 29.8 Å². The van der Waals surface area contributed by atoms with E-state index >= 15 is 0 Å². The molecule has 2 N–H and O–H groups in total. The topological polar surface area (TPSA) is 63.1 Å². The van der Waals surface area contributed by atoms with Crippen molar-refractivity contribution in [3.8, 4) is 0 Å². The number of carbonyl (C=O) groups is 1. The Morgan fingerprint density at radius 1 is 1.53 bits per heavy atom. The van der Waals surface area contributed by atoms with Gasteiger partial charge in [-0.25, -0.2) is 0 Å². The lowest BCUT2D eigenvalue weighted by atomic mass is 10.2. The first kappa shape index (κ1) is 14.3. The Kier molecular flexibility index (Phi) is 4.76. The van der Waals surface area contributed by atoms with Gasteiger partial charge in [-0.15, -0.1) is 0 Å². The molecule has 0 radical (unpaired) electrons. The number of aromatic nitrogens is 1. The highest BCUT2D eigenvalue weighted by Gasteiger charge is 2.15. The Morgan fingerprint density at radius 3 is 2.89 bits per heavy atom. The van der Waals surface area contributed by atoms with Crippen molar-refractivity contribution in [3.63, 3.8) is 0 Å². The van der Waals surface area contributed by atoms with Crippen LogP contribution in [0, 0.1) is 13.8 Å². The summed E-state index contributed by atoms with van der Waals surface area (Å²) in [5.41, 5.74) is 0.972. The molecule has 0 saturated carbocycles. The van der Waals surface area contributed by atoms with Gasteiger partial charge in [0.2, 0.25) is 5.91 Å². The van der Waals surface area contributed by atoms with Gasteiger partial charge in [-0.1, -0.05) is 11.3 Å². The monoisotopic (exact) mass is 283 g/mol. The Hall–Kier alpha value is -1.14. The minimum atomic E-state index is 0.0175. The Balaban J connectivity index is 1.78. The molecule has 6 heteroatoms. The lowest BCUT2D eigenvalue weighted by Gasteiger charge is -2.11. The number of amides is 1. The minimum absolute atomic E-state index is 0.0175. The van der Waals surface area contributed by atoms with Crippen LogP contribution in [0.4, 0.5) is 0 Å².